The topological polar surface area (TPSA) is 56.7 Å². The number of thiophene rings is 1. The molecule has 2 aliphatic rings. The summed E-state index contributed by atoms with van der Waals surface area (Å²) in [5.41, 5.74) is 0. The van der Waals surface area contributed by atoms with Crippen molar-refractivity contribution < 1.29 is 4.79 Å². The first kappa shape index (κ1) is 20.5. The lowest BCUT2D eigenvalue weighted by molar-refractivity contribution is -0.135. The third-order valence-electron chi connectivity index (χ3n) is 5.40. The van der Waals surface area contributed by atoms with Gasteiger partial charge < -0.3 is 15.5 Å². The van der Waals surface area contributed by atoms with Crippen LogP contribution in [0.3, 0.4) is 0 Å². The van der Waals surface area contributed by atoms with E-state index in [0.29, 0.717) is 5.91 Å². The Morgan fingerprint density at radius 3 is 2.81 bits per heavy atom. The minimum atomic E-state index is 0.261. The van der Waals surface area contributed by atoms with Crippen LogP contribution in [0.5, 0.6) is 0 Å². The Morgan fingerprint density at radius 2 is 2.11 bits per heavy atom. The van der Waals surface area contributed by atoms with Crippen molar-refractivity contribution in [1.29, 1.82) is 0 Å². The first-order valence-electron chi connectivity index (χ1n) is 10.2. The number of guanidine groups is 1. The summed E-state index contributed by atoms with van der Waals surface area (Å²) >= 11 is 7.60. The van der Waals surface area contributed by atoms with Crippen molar-refractivity contribution in [3.05, 3.63) is 21.3 Å². The molecule has 1 aromatic rings. The number of carbonyl (C=O) groups is 1. The number of aliphatic imine (C=N–C) groups is 1. The molecule has 3 rings (SSSR count). The van der Waals surface area contributed by atoms with Crippen molar-refractivity contribution in [3.8, 4) is 0 Å². The Bertz CT molecular complexity index is 642. The van der Waals surface area contributed by atoms with E-state index in [1.807, 2.05) is 6.07 Å². The lowest BCUT2D eigenvalue weighted by atomic mass is 9.88. The van der Waals surface area contributed by atoms with E-state index in [2.05, 4.69) is 28.5 Å². The molecule has 150 valence electrons. The molecule has 1 saturated heterocycles. The fourth-order valence-electron chi connectivity index (χ4n) is 3.96. The van der Waals surface area contributed by atoms with Crippen LogP contribution >= 0.6 is 22.9 Å². The average molecular weight is 411 g/mol. The minimum absolute atomic E-state index is 0.261. The van der Waals surface area contributed by atoms with Gasteiger partial charge in [0.25, 0.3) is 0 Å². The van der Waals surface area contributed by atoms with Gasteiger partial charge in [-0.05, 0) is 38.3 Å². The van der Waals surface area contributed by atoms with E-state index in [4.69, 9.17) is 16.6 Å². The summed E-state index contributed by atoms with van der Waals surface area (Å²) in [4.78, 5) is 20.7. The molecule has 1 saturated carbocycles. The van der Waals surface area contributed by atoms with Gasteiger partial charge in [-0.15, -0.1) is 11.3 Å². The molecule has 0 spiro atoms. The number of halogens is 1. The second-order valence-electron chi connectivity index (χ2n) is 7.47. The molecule has 0 radical (unpaired) electrons. The molecule has 2 fully saturated rings. The average Bonchev–Trinajstić information content (AvgIpc) is 3.31. The summed E-state index contributed by atoms with van der Waals surface area (Å²) in [5, 5.41) is 6.84. The summed E-state index contributed by atoms with van der Waals surface area (Å²) in [6.45, 7) is 5.28. The third-order valence-corrected chi connectivity index (χ3v) is 6.69. The molecule has 2 N–H and O–H groups in total. The normalized spacial score (nSPS) is 21.5. The highest BCUT2D eigenvalue weighted by Crippen LogP contribution is 2.26. The van der Waals surface area contributed by atoms with E-state index in [9.17, 15) is 4.79 Å². The summed E-state index contributed by atoms with van der Waals surface area (Å²) in [5.74, 6) is 1.48. The summed E-state index contributed by atoms with van der Waals surface area (Å²) in [6.07, 6.45) is 7.73. The first-order chi connectivity index (χ1) is 13.2. The Kier molecular flexibility index (Phi) is 7.82. The lowest BCUT2D eigenvalue weighted by Gasteiger charge is -2.26. The van der Waals surface area contributed by atoms with Gasteiger partial charge in [-0.25, -0.2) is 0 Å². The molecule has 1 aromatic heterocycles. The molecule has 0 aromatic carbocycles. The van der Waals surface area contributed by atoms with Crippen LogP contribution in [0.25, 0.3) is 0 Å². The molecule has 5 nitrogen and oxygen atoms in total. The van der Waals surface area contributed by atoms with E-state index < -0.39 is 0 Å². The molecule has 1 atom stereocenters. The maximum Gasteiger partial charge on any atom is 0.225 e. The van der Waals surface area contributed by atoms with E-state index >= 15 is 0 Å². The van der Waals surface area contributed by atoms with Gasteiger partial charge in [-0.1, -0.05) is 30.9 Å². The van der Waals surface area contributed by atoms with Crippen LogP contribution in [0.4, 0.5) is 0 Å². The SMILES string of the molecule is CCNC(=NCCc1ccc(Cl)s1)NC1CCN(C(=O)C2CCCCC2)C1. The summed E-state index contributed by atoms with van der Waals surface area (Å²) in [6, 6.07) is 4.28. The highest BCUT2D eigenvalue weighted by Gasteiger charge is 2.31. The van der Waals surface area contributed by atoms with Crippen LogP contribution < -0.4 is 10.6 Å². The number of hydrogen-bond donors (Lipinski definition) is 2. The molecular formula is C20H31ClN4OS. The summed E-state index contributed by atoms with van der Waals surface area (Å²) in [7, 11) is 0. The van der Waals surface area contributed by atoms with Crippen molar-refractivity contribution in [1.82, 2.24) is 15.5 Å². The van der Waals surface area contributed by atoms with E-state index in [1.54, 1.807) is 11.3 Å². The fraction of sp³-hybridized carbons (Fsp3) is 0.700. The lowest BCUT2D eigenvalue weighted by Crippen LogP contribution is -2.45. The predicted octanol–water partition coefficient (Wildman–Crippen LogP) is 3.68. The molecule has 27 heavy (non-hydrogen) atoms. The number of amides is 1. The van der Waals surface area contributed by atoms with Crippen molar-refractivity contribution >= 4 is 34.8 Å². The predicted molar refractivity (Wildman–Crippen MR) is 114 cm³/mol. The molecule has 0 bridgehead atoms. The molecule has 1 unspecified atom stereocenters. The van der Waals surface area contributed by atoms with Gasteiger partial charge in [-0.2, -0.15) is 0 Å². The first-order valence-corrected chi connectivity index (χ1v) is 11.4. The molecule has 1 aliphatic heterocycles. The largest absolute Gasteiger partial charge is 0.357 e. The van der Waals surface area contributed by atoms with Gasteiger partial charge in [-0.3, -0.25) is 9.79 Å². The quantitative estimate of drug-likeness (QED) is 0.555. The third kappa shape index (κ3) is 6.11. The van der Waals surface area contributed by atoms with Crippen molar-refractivity contribution in [2.45, 2.75) is 57.9 Å². The maximum atomic E-state index is 12.7. The van der Waals surface area contributed by atoms with Crippen molar-refractivity contribution in [3.63, 3.8) is 0 Å². The number of nitrogens with zero attached hydrogens (tertiary/aromatic N) is 2. The molecule has 7 heteroatoms. The van der Waals surface area contributed by atoms with E-state index in [0.717, 1.165) is 62.2 Å². The van der Waals surface area contributed by atoms with Gasteiger partial charge in [0.15, 0.2) is 5.96 Å². The highest BCUT2D eigenvalue weighted by atomic mass is 35.5. The second kappa shape index (κ2) is 10.3. The Hall–Kier alpha value is -1.27. The van der Waals surface area contributed by atoms with Gasteiger partial charge in [0.2, 0.25) is 5.91 Å². The van der Waals surface area contributed by atoms with Gasteiger partial charge in [0, 0.05) is 49.4 Å². The maximum absolute atomic E-state index is 12.7. The second-order valence-corrected chi connectivity index (χ2v) is 9.27. The number of likely N-dealkylation sites (tertiary alicyclic amines) is 1. The van der Waals surface area contributed by atoms with Crippen LogP contribution in [0, 0.1) is 5.92 Å². The monoisotopic (exact) mass is 410 g/mol. The molecule has 2 heterocycles. The number of carbonyl (C=O) groups excluding carboxylic acids is 1. The highest BCUT2D eigenvalue weighted by molar-refractivity contribution is 7.16. The van der Waals surface area contributed by atoms with Crippen LogP contribution in [0.15, 0.2) is 17.1 Å². The van der Waals surface area contributed by atoms with E-state index in [-0.39, 0.29) is 12.0 Å². The van der Waals surface area contributed by atoms with Gasteiger partial charge in [0.05, 0.1) is 4.34 Å². The van der Waals surface area contributed by atoms with Gasteiger partial charge >= 0.3 is 0 Å². The van der Waals surface area contributed by atoms with Crippen molar-refractivity contribution in [2.24, 2.45) is 10.9 Å². The van der Waals surface area contributed by atoms with E-state index in [1.165, 1.54) is 24.1 Å². The fourth-order valence-corrected chi connectivity index (χ4v) is 5.04. The number of rotatable bonds is 6. The van der Waals surface area contributed by atoms with Crippen LogP contribution in [-0.2, 0) is 11.2 Å². The molecular weight excluding hydrogens is 380 g/mol. The number of nitrogens with one attached hydrogen (secondary N) is 2. The van der Waals surface area contributed by atoms with Crippen molar-refractivity contribution in [2.75, 3.05) is 26.2 Å². The van der Waals surface area contributed by atoms with Crippen LogP contribution in [0.1, 0.15) is 50.3 Å². The smallest absolute Gasteiger partial charge is 0.225 e. The standard InChI is InChI=1S/C20H31ClN4OS/c1-2-22-20(23-12-10-17-8-9-18(21)27-17)24-16-11-13-25(14-16)19(26)15-6-4-3-5-7-15/h8-9,15-16H,2-7,10-14H2,1H3,(H2,22,23,24). The van der Waals surface area contributed by atoms with Gasteiger partial charge in [0.1, 0.15) is 0 Å². The minimum Gasteiger partial charge on any atom is -0.357 e. The Labute approximate surface area is 171 Å². The Morgan fingerprint density at radius 1 is 1.30 bits per heavy atom. The zero-order chi connectivity index (χ0) is 19.1. The van der Waals surface area contributed by atoms with Crippen LogP contribution in [-0.4, -0.2) is 49.0 Å². The summed E-state index contributed by atoms with van der Waals surface area (Å²) < 4.78 is 0.827. The Balaban J connectivity index is 1.47. The number of hydrogen-bond acceptors (Lipinski definition) is 3. The zero-order valence-electron chi connectivity index (χ0n) is 16.2. The molecule has 1 aliphatic carbocycles. The molecule has 1 amide bonds. The van der Waals surface area contributed by atoms with Crippen LogP contribution in [0.2, 0.25) is 4.34 Å². The zero-order valence-corrected chi connectivity index (χ0v) is 17.7.